The van der Waals surface area contributed by atoms with Crippen molar-refractivity contribution in [2.45, 2.75) is 19.3 Å². The van der Waals surface area contributed by atoms with Crippen molar-refractivity contribution in [1.82, 2.24) is 0 Å². The van der Waals surface area contributed by atoms with E-state index in [1.807, 2.05) is 0 Å². The highest BCUT2D eigenvalue weighted by Crippen LogP contribution is 2.55. The quantitative estimate of drug-likeness (QED) is 0.157. The van der Waals surface area contributed by atoms with Gasteiger partial charge in [0.25, 0.3) is 0 Å². The fourth-order valence-corrected chi connectivity index (χ4v) is 8.86. The molecule has 0 saturated carbocycles. The predicted octanol–water partition coefficient (Wildman–Crippen LogP) is 14.8. The van der Waals surface area contributed by atoms with Gasteiger partial charge < -0.3 is 4.90 Å². The Hall–Kier alpha value is -6.70. The molecule has 0 fully saturated rings. The van der Waals surface area contributed by atoms with E-state index in [1.165, 1.54) is 77.2 Å². The lowest BCUT2D eigenvalue weighted by Gasteiger charge is -2.29. The molecule has 1 nitrogen and oxygen atoms in total. The first-order chi connectivity index (χ1) is 26.6. The summed E-state index contributed by atoms with van der Waals surface area (Å²) in [4.78, 5) is 2.41. The fourth-order valence-electron chi connectivity index (χ4n) is 8.86. The number of anilines is 3. The summed E-state index contributed by atoms with van der Waals surface area (Å²) in [6.45, 7) is 4.81. The van der Waals surface area contributed by atoms with Crippen LogP contribution in [0.4, 0.5) is 17.1 Å². The van der Waals surface area contributed by atoms with Gasteiger partial charge >= 0.3 is 0 Å². The van der Waals surface area contributed by atoms with Crippen LogP contribution in [0.5, 0.6) is 0 Å². The van der Waals surface area contributed by atoms with Gasteiger partial charge in [-0.15, -0.1) is 0 Å². The molecular formula is C53H39N. The van der Waals surface area contributed by atoms with Crippen LogP contribution in [0.3, 0.4) is 0 Å². The Morgan fingerprint density at radius 3 is 1.39 bits per heavy atom. The molecular weight excluding hydrogens is 651 g/mol. The maximum atomic E-state index is 2.47. The number of fused-ring (bicyclic) bond motifs is 8. The minimum Gasteiger partial charge on any atom is -0.310 e. The third-order valence-electron chi connectivity index (χ3n) is 11.4. The zero-order chi connectivity index (χ0) is 36.2. The summed E-state index contributed by atoms with van der Waals surface area (Å²) in [6.07, 6.45) is 0. The average Bonchev–Trinajstić information content (AvgIpc) is 3.48. The smallest absolute Gasteiger partial charge is 0.0540 e. The van der Waals surface area contributed by atoms with Gasteiger partial charge in [0, 0.05) is 22.4 Å². The van der Waals surface area contributed by atoms with Crippen LogP contribution in [0.2, 0.25) is 0 Å². The van der Waals surface area contributed by atoms with Crippen LogP contribution in [-0.4, -0.2) is 0 Å². The number of hydrogen-bond acceptors (Lipinski definition) is 1. The number of benzene rings is 9. The minimum atomic E-state index is -0.181. The number of hydrogen-bond donors (Lipinski definition) is 0. The van der Waals surface area contributed by atoms with Crippen LogP contribution >= 0.6 is 0 Å². The van der Waals surface area contributed by atoms with Gasteiger partial charge in [0.1, 0.15) is 0 Å². The Bertz CT molecular complexity index is 2730. The van der Waals surface area contributed by atoms with Gasteiger partial charge in [-0.3, -0.25) is 0 Å². The standard InChI is InChI=1S/C53H39N/c1-53(2)49-35-40(29-34-48(49)51-46-22-11-9-20-44(46)45-21-10-12-23-47(45)52(51)53)43-19-13-14-24-50(43)54(41-30-25-38(26-31-41)36-15-5-3-6-16-36)42-32-27-39(28-33-42)37-17-7-4-8-18-37/h3-35H,1-2H3. The molecule has 0 amide bonds. The zero-order valence-electron chi connectivity index (χ0n) is 30.5. The molecule has 9 aromatic carbocycles. The maximum absolute atomic E-state index is 2.47. The second-order valence-electron chi connectivity index (χ2n) is 14.9. The van der Waals surface area contributed by atoms with Gasteiger partial charge in [-0.2, -0.15) is 0 Å². The molecule has 1 aliphatic carbocycles. The van der Waals surface area contributed by atoms with E-state index in [2.05, 4.69) is 219 Å². The van der Waals surface area contributed by atoms with Crippen LogP contribution in [0, 0.1) is 0 Å². The molecule has 54 heavy (non-hydrogen) atoms. The van der Waals surface area contributed by atoms with Gasteiger partial charge in [0.2, 0.25) is 0 Å². The largest absolute Gasteiger partial charge is 0.310 e. The zero-order valence-corrected chi connectivity index (χ0v) is 30.5. The molecule has 0 atom stereocenters. The average molecular weight is 690 g/mol. The van der Waals surface area contributed by atoms with E-state index in [9.17, 15) is 0 Å². The molecule has 1 heteroatoms. The summed E-state index contributed by atoms with van der Waals surface area (Å²) >= 11 is 0. The second-order valence-corrected chi connectivity index (χ2v) is 14.9. The molecule has 10 rings (SSSR count). The van der Waals surface area contributed by atoms with Crippen LogP contribution < -0.4 is 4.90 Å². The summed E-state index contributed by atoms with van der Waals surface area (Å²) in [6, 6.07) is 73.1. The van der Waals surface area contributed by atoms with Gasteiger partial charge in [0.05, 0.1) is 5.69 Å². The summed E-state index contributed by atoms with van der Waals surface area (Å²) < 4.78 is 0. The first-order valence-electron chi connectivity index (χ1n) is 18.9. The molecule has 9 aromatic rings. The molecule has 0 heterocycles. The van der Waals surface area contributed by atoms with Crippen molar-refractivity contribution in [2.75, 3.05) is 4.90 Å². The SMILES string of the molecule is CC1(C)c2cc(-c3ccccc3N(c3ccc(-c4ccccc4)cc3)c3ccc(-c4ccccc4)cc3)ccc2-c2c1c1ccccc1c1ccccc21. The van der Waals surface area contributed by atoms with E-state index in [0.717, 1.165) is 17.1 Å². The van der Waals surface area contributed by atoms with Crippen molar-refractivity contribution < 1.29 is 0 Å². The van der Waals surface area contributed by atoms with E-state index in [0.29, 0.717) is 0 Å². The van der Waals surface area contributed by atoms with Gasteiger partial charge in [-0.25, -0.2) is 0 Å². The van der Waals surface area contributed by atoms with Crippen molar-refractivity contribution in [3.8, 4) is 44.5 Å². The molecule has 0 bridgehead atoms. The highest BCUT2D eigenvalue weighted by atomic mass is 15.1. The van der Waals surface area contributed by atoms with E-state index in [-0.39, 0.29) is 5.41 Å². The Labute approximate surface area is 317 Å². The van der Waals surface area contributed by atoms with Crippen LogP contribution in [-0.2, 0) is 5.41 Å². The van der Waals surface area contributed by atoms with Crippen molar-refractivity contribution in [2.24, 2.45) is 0 Å². The Morgan fingerprint density at radius 1 is 0.352 bits per heavy atom. The molecule has 1 aliphatic rings. The van der Waals surface area contributed by atoms with Gasteiger partial charge in [0.15, 0.2) is 0 Å². The molecule has 0 radical (unpaired) electrons. The van der Waals surface area contributed by atoms with E-state index in [4.69, 9.17) is 0 Å². The lowest BCUT2D eigenvalue weighted by atomic mass is 9.78. The summed E-state index contributed by atoms with van der Waals surface area (Å²) in [5.74, 6) is 0. The third-order valence-corrected chi connectivity index (χ3v) is 11.4. The Balaban J connectivity index is 1.13. The molecule has 0 spiro atoms. The molecule has 0 unspecified atom stereocenters. The van der Waals surface area contributed by atoms with Crippen molar-refractivity contribution >= 4 is 38.6 Å². The molecule has 0 aliphatic heterocycles. The monoisotopic (exact) mass is 689 g/mol. The highest BCUT2D eigenvalue weighted by molar-refractivity contribution is 6.18. The van der Waals surface area contributed by atoms with Crippen LogP contribution in [0.15, 0.2) is 200 Å². The maximum Gasteiger partial charge on any atom is 0.0540 e. The first kappa shape index (κ1) is 32.0. The lowest BCUT2D eigenvalue weighted by Crippen LogP contribution is -2.16. The van der Waals surface area contributed by atoms with Crippen molar-refractivity contribution in [3.05, 3.63) is 211 Å². The van der Waals surface area contributed by atoms with Crippen molar-refractivity contribution in [1.29, 1.82) is 0 Å². The third kappa shape index (κ3) is 5.16. The topological polar surface area (TPSA) is 3.24 Å². The lowest BCUT2D eigenvalue weighted by molar-refractivity contribution is 0.667. The minimum absolute atomic E-state index is 0.181. The number of rotatable bonds is 6. The van der Waals surface area contributed by atoms with Crippen LogP contribution in [0.1, 0.15) is 25.0 Å². The highest BCUT2D eigenvalue weighted by Gasteiger charge is 2.38. The molecule has 0 aromatic heterocycles. The Kier molecular flexibility index (Phi) is 7.56. The summed E-state index contributed by atoms with van der Waals surface area (Å²) in [7, 11) is 0. The van der Waals surface area contributed by atoms with E-state index < -0.39 is 0 Å². The Morgan fingerprint density at radius 2 is 0.796 bits per heavy atom. The molecule has 0 saturated heterocycles. The normalized spacial score (nSPS) is 12.8. The molecule has 0 N–H and O–H groups in total. The van der Waals surface area contributed by atoms with Crippen molar-refractivity contribution in [3.63, 3.8) is 0 Å². The summed E-state index contributed by atoms with van der Waals surface area (Å²) in [5.41, 5.74) is 15.9. The van der Waals surface area contributed by atoms with E-state index >= 15 is 0 Å². The van der Waals surface area contributed by atoms with E-state index in [1.54, 1.807) is 0 Å². The van der Waals surface area contributed by atoms with Gasteiger partial charge in [-0.05, 0) is 108 Å². The second kappa shape index (κ2) is 12.8. The molecule has 256 valence electrons. The van der Waals surface area contributed by atoms with Crippen LogP contribution in [0.25, 0.3) is 66.1 Å². The fraction of sp³-hybridized carbons (Fsp3) is 0.0566. The summed E-state index contributed by atoms with van der Waals surface area (Å²) in [5, 5.41) is 5.32. The van der Waals surface area contributed by atoms with Gasteiger partial charge in [-0.1, -0.05) is 178 Å². The first-order valence-corrected chi connectivity index (χ1v) is 18.9. The number of nitrogens with zero attached hydrogens (tertiary/aromatic N) is 1. The number of para-hydroxylation sites is 1. The predicted molar refractivity (Wildman–Crippen MR) is 230 cm³/mol.